The maximum atomic E-state index is 12.5. The monoisotopic (exact) mass is 289 g/mol. The number of hydrogen-bond acceptors (Lipinski definition) is 2. The van der Waals surface area contributed by atoms with Crippen LogP contribution in [0.2, 0.25) is 5.02 Å². The van der Waals surface area contributed by atoms with Gasteiger partial charge in [-0.2, -0.15) is 0 Å². The van der Waals surface area contributed by atoms with Gasteiger partial charge < -0.3 is 9.64 Å². The highest BCUT2D eigenvalue weighted by molar-refractivity contribution is 6.31. The molecule has 2 rings (SSSR count). The maximum absolute atomic E-state index is 12.5. The molecule has 0 aliphatic carbocycles. The van der Waals surface area contributed by atoms with Gasteiger partial charge in [0, 0.05) is 18.6 Å². The number of benzene rings is 2. The summed E-state index contributed by atoms with van der Waals surface area (Å²) in [5.41, 5.74) is 1.54. The quantitative estimate of drug-likeness (QED) is 0.860. The third kappa shape index (κ3) is 3.31. The van der Waals surface area contributed by atoms with Crippen LogP contribution < -0.4 is 4.74 Å². The number of carbonyl (C=O) groups is 1. The van der Waals surface area contributed by atoms with Crippen molar-refractivity contribution in [2.24, 2.45) is 0 Å². The van der Waals surface area contributed by atoms with Crippen molar-refractivity contribution >= 4 is 17.5 Å². The number of amides is 1. The SMILES string of the molecule is COc1ccc(Cl)cc1C(=O)N(C)Cc1ccccc1. The molecule has 0 radical (unpaired) electrons. The fourth-order valence-corrected chi connectivity index (χ4v) is 2.15. The van der Waals surface area contributed by atoms with Crippen LogP contribution in [0.3, 0.4) is 0 Å². The van der Waals surface area contributed by atoms with E-state index in [1.165, 1.54) is 7.11 Å². The lowest BCUT2D eigenvalue weighted by molar-refractivity contribution is 0.0781. The first-order valence-electron chi connectivity index (χ1n) is 6.24. The molecule has 0 aliphatic heterocycles. The van der Waals surface area contributed by atoms with Crippen molar-refractivity contribution in [2.45, 2.75) is 6.54 Å². The first kappa shape index (κ1) is 14.4. The molecule has 2 aromatic carbocycles. The van der Waals surface area contributed by atoms with E-state index in [1.807, 2.05) is 30.3 Å². The smallest absolute Gasteiger partial charge is 0.257 e. The molecule has 20 heavy (non-hydrogen) atoms. The molecule has 3 nitrogen and oxygen atoms in total. The third-order valence-corrected chi connectivity index (χ3v) is 3.24. The van der Waals surface area contributed by atoms with Gasteiger partial charge in [0.2, 0.25) is 0 Å². The number of nitrogens with zero attached hydrogens (tertiary/aromatic N) is 1. The van der Waals surface area contributed by atoms with Crippen LogP contribution in [0.1, 0.15) is 15.9 Å². The second kappa shape index (κ2) is 6.44. The Bertz CT molecular complexity index is 599. The Labute approximate surface area is 123 Å². The van der Waals surface area contributed by atoms with Gasteiger partial charge in [0.1, 0.15) is 5.75 Å². The van der Waals surface area contributed by atoms with Gasteiger partial charge in [0.05, 0.1) is 12.7 Å². The summed E-state index contributed by atoms with van der Waals surface area (Å²) in [6.45, 7) is 0.537. The zero-order valence-corrected chi connectivity index (χ0v) is 12.2. The molecule has 0 N–H and O–H groups in total. The Morgan fingerprint density at radius 1 is 1.20 bits per heavy atom. The molecule has 104 valence electrons. The van der Waals surface area contributed by atoms with E-state index >= 15 is 0 Å². The summed E-state index contributed by atoms with van der Waals surface area (Å²) in [6.07, 6.45) is 0. The van der Waals surface area contributed by atoms with Crippen LogP contribution >= 0.6 is 11.6 Å². The number of halogens is 1. The molecular formula is C16H16ClNO2. The van der Waals surface area contributed by atoms with Gasteiger partial charge in [-0.15, -0.1) is 0 Å². The molecule has 0 heterocycles. The van der Waals surface area contributed by atoms with Crippen molar-refractivity contribution in [3.8, 4) is 5.75 Å². The van der Waals surface area contributed by atoms with Crippen molar-refractivity contribution in [1.29, 1.82) is 0 Å². The standard InChI is InChI=1S/C16H16ClNO2/c1-18(11-12-6-4-3-5-7-12)16(19)14-10-13(17)8-9-15(14)20-2/h3-10H,11H2,1-2H3. The van der Waals surface area contributed by atoms with E-state index in [0.717, 1.165) is 5.56 Å². The number of ether oxygens (including phenoxy) is 1. The van der Waals surface area contributed by atoms with E-state index in [0.29, 0.717) is 22.9 Å². The van der Waals surface area contributed by atoms with Crippen molar-refractivity contribution in [3.63, 3.8) is 0 Å². The Kier molecular flexibility index (Phi) is 4.64. The highest BCUT2D eigenvalue weighted by atomic mass is 35.5. The van der Waals surface area contributed by atoms with Crippen LogP contribution in [-0.4, -0.2) is 25.0 Å². The summed E-state index contributed by atoms with van der Waals surface area (Å²) in [5.74, 6) is 0.410. The molecule has 0 spiro atoms. The topological polar surface area (TPSA) is 29.5 Å². The lowest BCUT2D eigenvalue weighted by Gasteiger charge is -2.19. The van der Waals surface area contributed by atoms with Gasteiger partial charge in [-0.3, -0.25) is 4.79 Å². The highest BCUT2D eigenvalue weighted by Gasteiger charge is 2.17. The molecule has 0 saturated heterocycles. The summed E-state index contributed by atoms with van der Waals surface area (Å²) < 4.78 is 5.22. The number of hydrogen-bond donors (Lipinski definition) is 0. The lowest BCUT2D eigenvalue weighted by atomic mass is 10.1. The predicted octanol–water partition coefficient (Wildman–Crippen LogP) is 3.62. The normalized spacial score (nSPS) is 10.2. The van der Waals surface area contributed by atoms with Gasteiger partial charge in [0.25, 0.3) is 5.91 Å². The minimum atomic E-state index is -0.117. The number of methoxy groups -OCH3 is 1. The Balaban J connectivity index is 2.20. The van der Waals surface area contributed by atoms with Crippen LogP contribution in [0.5, 0.6) is 5.75 Å². The largest absolute Gasteiger partial charge is 0.496 e. The van der Waals surface area contributed by atoms with E-state index < -0.39 is 0 Å². The zero-order valence-electron chi connectivity index (χ0n) is 11.5. The zero-order chi connectivity index (χ0) is 14.5. The summed E-state index contributed by atoms with van der Waals surface area (Å²) in [5, 5.41) is 0.516. The minimum Gasteiger partial charge on any atom is -0.496 e. The molecule has 0 saturated carbocycles. The fraction of sp³-hybridized carbons (Fsp3) is 0.188. The van der Waals surface area contributed by atoms with Gasteiger partial charge in [-0.1, -0.05) is 41.9 Å². The molecular weight excluding hydrogens is 274 g/mol. The molecule has 0 unspecified atom stereocenters. The van der Waals surface area contributed by atoms with Crippen LogP contribution in [0.4, 0.5) is 0 Å². The van der Waals surface area contributed by atoms with E-state index in [9.17, 15) is 4.79 Å². The summed E-state index contributed by atoms with van der Waals surface area (Å²) in [7, 11) is 3.30. The lowest BCUT2D eigenvalue weighted by Crippen LogP contribution is -2.26. The van der Waals surface area contributed by atoms with Crippen molar-refractivity contribution < 1.29 is 9.53 Å². The fourth-order valence-electron chi connectivity index (χ4n) is 1.98. The van der Waals surface area contributed by atoms with Gasteiger partial charge in [-0.05, 0) is 23.8 Å². The molecule has 2 aromatic rings. The Morgan fingerprint density at radius 3 is 2.55 bits per heavy atom. The van der Waals surface area contributed by atoms with Crippen LogP contribution in [0.15, 0.2) is 48.5 Å². The molecule has 0 bridgehead atoms. The van der Waals surface area contributed by atoms with Crippen LogP contribution in [-0.2, 0) is 6.54 Å². The van der Waals surface area contributed by atoms with Crippen molar-refractivity contribution in [3.05, 3.63) is 64.7 Å². The maximum Gasteiger partial charge on any atom is 0.257 e. The minimum absolute atomic E-state index is 0.117. The molecule has 0 aromatic heterocycles. The van der Waals surface area contributed by atoms with E-state index in [4.69, 9.17) is 16.3 Å². The first-order valence-corrected chi connectivity index (χ1v) is 6.62. The number of carbonyl (C=O) groups excluding carboxylic acids is 1. The average Bonchev–Trinajstić information content (AvgIpc) is 2.47. The molecule has 4 heteroatoms. The Hall–Kier alpha value is -2.00. The van der Waals surface area contributed by atoms with Gasteiger partial charge >= 0.3 is 0 Å². The molecule has 0 aliphatic rings. The molecule has 1 amide bonds. The second-order valence-electron chi connectivity index (χ2n) is 4.49. The summed E-state index contributed by atoms with van der Waals surface area (Å²) >= 11 is 5.96. The summed E-state index contributed by atoms with van der Waals surface area (Å²) in [6, 6.07) is 14.9. The van der Waals surface area contributed by atoms with E-state index in [-0.39, 0.29) is 5.91 Å². The Morgan fingerprint density at radius 2 is 1.90 bits per heavy atom. The third-order valence-electron chi connectivity index (χ3n) is 3.00. The van der Waals surface area contributed by atoms with E-state index in [1.54, 1.807) is 30.1 Å². The van der Waals surface area contributed by atoms with Crippen molar-refractivity contribution in [2.75, 3.05) is 14.2 Å². The second-order valence-corrected chi connectivity index (χ2v) is 4.93. The first-order chi connectivity index (χ1) is 9.61. The average molecular weight is 290 g/mol. The number of rotatable bonds is 4. The summed E-state index contributed by atoms with van der Waals surface area (Å²) in [4.78, 5) is 14.1. The van der Waals surface area contributed by atoms with E-state index in [2.05, 4.69) is 0 Å². The van der Waals surface area contributed by atoms with Crippen LogP contribution in [0, 0.1) is 0 Å². The van der Waals surface area contributed by atoms with Gasteiger partial charge in [-0.25, -0.2) is 0 Å². The van der Waals surface area contributed by atoms with Crippen LogP contribution in [0.25, 0.3) is 0 Å². The predicted molar refractivity (Wildman–Crippen MR) is 80.2 cm³/mol. The van der Waals surface area contributed by atoms with Crippen molar-refractivity contribution in [1.82, 2.24) is 4.90 Å². The highest BCUT2D eigenvalue weighted by Crippen LogP contribution is 2.24. The molecule has 0 atom stereocenters. The van der Waals surface area contributed by atoms with Gasteiger partial charge in [0.15, 0.2) is 0 Å². The molecule has 0 fully saturated rings.